The summed E-state index contributed by atoms with van der Waals surface area (Å²) in [7, 11) is -2.56. The molecule has 0 radical (unpaired) electrons. The summed E-state index contributed by atoms with van der Waals surface area (Å²) in [6.45, 7) is 10.1. The third-order valence-electron chi connectivity index (χ3n) is 12.2. The van der Waals surface area contributed by atoms with Crippen molar-refractivity contribution in [2.24, 2.45) is 17.8 Å². The quantitative estimate of drug-likeness (QED) is 0.170. The molecule has 4 N–H and O–H groups in total. The number of pyridine rings is 1. The maximum Gasteiger partial charge on any atom is 0.427 e. The molecule has 62 heavy (non-hydrogen) atoms. The molecule has 2 aromatic rings. The summed E-state index contributed by atoms with van der Waals surface area (Å²) >= 11 is 0. The van der Waals surface area contributed by atoms with Crippen LogP contribution in [0.15, 0.2) is 36.4 Å². The summed E-state index contributed by atoms with van der Waals surface area (Å²) in [6.07, 6.45) is -1.50. The van der Waals surface area contributed by atoms with E-state index in [-0.39, 0.29) is 43.2 Å². The number of nitrogens with one attached hydrogen (secondary N) is 4. The van der Waals surface area contributed by atoms with E-state index in [1.54, 1.807) is 44.2 Å². The Morgan fingerprint density at radius 2 is 1.79 bits per heavy atom. The number of alkyl halides is 3. The Balaban J connectivity index is 1.36. The maximum absolute atomic E-state index is 14.9. The number of fused-ring (bicyclic) bond motifs is 3. The predicted octanol–water partition coefficient (Wildman–Crippen LogP) is 5.20. The molecular formula is C42H57F3N6O10S. The van der Waals surface area contributed by atoms with E-state index in [1.165, 1.54) is 12.0 Å². The lowest BCUT2D eigenvalue weighted by molar-refractivity contribution is -0.244. The minimum absolute atomic E-state index is 0.00629. The summed E-state index contributed by atoms with van der Waals surface area (Å²) in [4.78, 5) is 62.2. The van der Waals surface area contributed by atoms with Crippen LogP contribution >= 0.6 is 0 Å². The van der Waals surface area contributed by atoms with Gasteiger partial charge in [0, 0.05) is 23.8 Å². The topological polar surface area (TPSA) is 204 Å². The lowest BCUT2D eigenvalue weighted by atomic mass is 9.88. The first kappa shape index (κ1) is 46.6. The van der Waals surface area contributed by atoms with Gasteiger partial charge in [0.1, 0.15) is 29.5 Å². The van der Waals surface area contributed by atoms with Crippen molar-refractivity contribution in [3.05, 3.63) is 36.4 Å². The molecule has 6 rings (SSSR count). The molecule has 1 saturated heterocycles. The minimum Gasteiger partial charge on any atom is -0.497 e. The number of benzene rings is 1. The number of rotatable bonds is 11. The highest BCUT2D eigenvalue weighted by Gasteiger charge is 2.63. The Morgan fingerprint density at radius 1 is 1.08 bits per heavy atom. The number of carbonyl (C=O) groups excluding carboxylic acids is 4. The van der Waals surface area contributed by atoms with Crippen LogP contribution in [-0.2, 0) is 29.1 Å². The highest BCUT2D eigenvalue weighted by atomic mass is 32.2. The van der Waals surface area contributed by atoms with Gasteiger partial charge in [-0.2, -0.15) is 18.2 Å². The summed E-state index contributed by atoms with van der Waals surface area (Å²) in [6, 6.07) is 4.36. The molecule has 3 heterocycles. The number of sulfonamides is 1. The van der Waals surface area contributed by atoms with Gasteiger partial charge in [-0.25, -0.2) is 18.6 Å². The SMILES string of the molecule is COc1ccc2c(O[C@@H]3C[C@H]4C(=O)N[C@]5(C(=O)NS(=O)(=O)C6(C)CC6)C[C@H]5/C=C\CC[C@H](C)C[C@@H](C)[C@H](NNC(=O)OC(C)(C)C(F)(F)F)C(=O)N4C3)nc(OC(C)C)cc2c1. The van der Waals surface area contributed by atoms with E-state index in [9.17, 15) is 40.8 Å². The van der Waals surface area contributed by atoms with Gasteiger partial charge < -0.3 is 29.2 Å². The lowest BCUT2D eigenvalue weighted by Crippen LogP contribution is -2.61. The zero-order chi connectivity index (χ0) is 45.6. The monoisotopic (exact) mass is 894 g/mol. The number of aromatic nitrogens is 1. The number of carbonyl (C=O) groups is 4. The Labute approximate surface area is 359 Å². The van der Waals surface area contributed by atoms with Gasteiger partial charge in [-0.05, 0) is 109 Å². The summed E-state index contributed by atoms with van der Waals surface area (Å²) in [5.41, 5.74) is 0.223. The van der Waals surface area contributed by atoms with Gasteiger partial charge in [-0.1, -0.05) is 26.0 Å². The Kier molecular flexibility index (Phi) is 13.1. The molecule has 4 amide bonds. The predicted molar refractivity (Wildman–Crippen MR) is 220 cm³/mol. The molecule has 4 aliphatic rings. The number of methoxy groups -OCH3 is 1. The van der Waals surface area contributed by atoms with Crippen LogP contribution in [0.5, 0.6) is 17.5 Å². The number of nitrogens with zero attached hydrogens (tertiary/aromatic N) is 2. The summed E-state index contributed by atoms with van der Waals surface area (Å²) < 4.78 is 91.0. The third kappa shape index (κ3) is 10.0. The molecule has 1 aromatic carbocycles. The normalized spacial score (nSPS) is 28.4. The first-order valence-corrected chi connectivity index (χ1v) is 22.4. The molecule has 3 fully saturated rings. The fourth-order valence-corrected chi connectivity index (χ4v) is 9.22. The van der Waals surface area contributed by atoms with E-state index < -0.39 is 85.9 Å². The third-order valence-corrected chi connectivity index (χ3v) is 14.4. The van der Waals surface area contributed by atoms with Crippen molar-refractivity contribution in [1.82, 2.24) is 30.8 Å². The van der Waals surface area contributed by atoms with E-state index in [0.29, 0.717) is 62.5 Å². The Bertz CT molecular complexity index is 2200. The van der Waals surface area contributed by atoms with E-state index in [4.69, 9.17) is 14.2 Å². The van der Waals surface area contributed by atoms with Crippen molar-refractivity contribution in [1.29, 1.82) is 0 Å². The van der Waals surface area contributed by atoms with Crippen LogP contribution in [0, 0.1) is 17.8 Å². The Hall–Kier alpha value is -4.85. The summed E-state index contributed by atoms with van der Waals surface area (Å²) in [5, 5.41) is 4.06. The van der Waals surface area contributed by atoms with Crippen LogP contribution < -0.4 is 35.1 Å². The molecule has 1 aromatic heterocycles. The van der Waals surface area contributed by atoms with Crippen LogP contribution in [0.4, 0.5) is 18.0 Å². The number of halogens is 3. The fourth-order valence-electron chi connectivity index (χ4n) is 7.91. The maximum atomic E-state index is 14.9. The first-order chi connectivity index (χ1) is 28.9. The van der Waals surface area contributed by atoms with Gasteiger partial charge >= 0.3 is 12.3 Å². The van der Waals surface area contributed by atoms with Crippen molar-refractivity contribution in [3.63, 3.8) is 0 Å². The van der Waals surface area contributed by atoms with Crippen LogP contribution in [0.2, 0.25) is 0 Å². The highest BCUT2D eigenvalue weighted by Crippen LogP contribution is 2.48. The molecule has 342 valence electrons. The Morgan fingerprint density at radius 3 is 2.44 bits per heavy atom. The molecule has 2 aliphatic carbocycles. The zero-order valence-electron chi connectivity index (χ0n) is 36.2. The molecule has 20 heteroatoms. The zero-order valence-corrected chi connectivity index (χ0v) is 37.0. The number of amides is 4. The number of hydrazine groups is 1. The first-order valence-electron chi connectivity index (χ1n) is 20.9. The highest BCUT2D eigenvalue weighted by molar-refractivity contribution is 7.91. The van der Waals surface area contributed by atoms with Crippen LogP contribution in [-0.4, -0.2) is 102 Å². The molecule has 0 unspecified atom stereocenters. The van der Waals surface area contributed by atoms with Gasteiger partial charge in [0.25, 0.3) is 5.91 Å². The number of hydrogen-bond donors (Lipinski definition) is 4. The fraction of sp³-hybridized carbons (Fsp3) is 0.643. The number of ether oxygens (including phenoxy) is 4. The lowest BCUT2D eigenvalue weighted by Gasteiger charge is -2.33. The molecule has 16 nitrogen and oxygen atoms in total. The number of hydrogen-bond acceptors (Lipinski definition) is 12. The minimum atomic E-state index is -4.90. The molecule has 0 bridgehead atoms. The second kappa shape index (κ2) is 17.4. The van der Waals surface area contributed by atoms with Crippen molar-refractivity contribution < 1.29 is 59.7 Å². The van der Waals surface area contributed by atoms with Gasteiger partial charge in [-0.3, -0.25) is 24.5 Å². The molecule has 2 aliphatic heterocycles. The van der Waals surface area contributed by atoms with Crippen LogP contribution in [0.3, 0.4) is 0 Å². The van der Waals surface area contributed by atoms with E-state index >= 15 is 0 Å². The molecule has 7 atom stereocenters. The van der Waals surface area contributed by atoms with E-state index in [2.05, 4.69) is 30.6 Å². The average Bonchev–Trinajstić information content (AvgIpc) is 4.05. The number of allylic oxidation sites excluding steroid dienone is 1. The van der Waals surface area contributed by atoms with Gasteiger partial charge in [0.15, 0.2) is 0 Å². The van der Waals surface area contributed by atoms with Crippen molar-refractivity contribution >= 4 is 44.6 Å². The molecular weight excluding hydrogens is 838 g/mol. The van der Waals surface area contributed by atoms with Crippen molar-refractivity contribution in [3.8, 4) is 17.5 Å². The van der Waals surface area contributed by atoms with Crippen LogP contribution in [0.1, 0.15) is 93.4 Å². The smallest absolute Gasteiger partial charge is 0.427 e. The van der Waals surface area contributed by atoms with Gasteiger partial charge in [0.05, 0.1) is 24.5 Å². The average molecular weight is 895 g/mol. The molecule has 0 spiro atoms. The second-order valence-corrected chi connectivity index (χ2v) is 20.3. The second-order valence-electron chi connectivity index (χ2n) is 18.1. The summed E-state index contributed by atoms with van der Waals surface area (Å²) in [5.74, 6) is -2.53. The van der Waals surface area contributed by atoms with Crippen LogP contribution in [0.25, 0.3) is 10.8 Å². The van der Waals surface area contributed by atoms with Crippen molar-refractivity contribution in [2.75, 3.05) is 13.7 Å². The molecule has 2 saturated carbocycles. The van der Waals surface area contributed by atoms with E-state index in [0.717, 1.165) is 0 Å². The van der Waals surface area contributed by atoms with Gasteiger partial charge in [0.2, 0.25) is 39.2 Å². The van der Waals surface area contributed by atoms with E-state index in [1.807, 2.05) is 26.8 Å². The van der Waals surface area contributed by atoms with Gasteiger partial charge in [-0.15, -0.1) is 0 Å². The largest absolute Gasteiger partial charge is 0.497 e. The standard InChI is InChI=1S/C42H57F3N6O10S/c1-23(2)59-32-19-26-18-28(58-8)13-14-30(26)35(46-32)60-29-20-31-34(52)47-41(37(54)50-62(56,57)40(7)15-16-40)21-27(41)12-10-9-11-24(3)17-25(4)33(36(53)51(31)22-29)48-49-38(55)61-39(5,6)42(43,44)45/h10,12-14,18-19,23-25,27,29,31,33,48H,9,11,15-17,20-22H2,1-8H3,(H,47,52)(H,49,55)(H,50,54)/b12-10-/t24-,25+,27+,29+,31-,33-,41+/m0/s1. The van der Waals surface area contributed by atoms with Crippen molar-refractivity contribution in [2.45, 2.75) is 140 Å².